The number of fused-ring (bicyclic) bond motifs is 26. The van der Waals surface area contributed by atoms with Crippen LogP contribution in [-0.4, -0.2) is 10.2 Å². The Morgan fingerprint density at radius 1 is 0.222 bits per heavy atom. The zero-order valence-corrected chi connectivity index (χ0v) is 43.4. The Hall–Kier alpha value is -10.6. The molecular formula is C76H42N2O3. The fourth-order valence-corrected chi connectivity index (χ4v) is 15.3. The molecule has 4 aliphatic carbocycles. The zero-order valence-electron chi connectivity index (χ0n) is 43.4. The lowest BCUT2D eigenvalue weighted by Crippen LogP contribution is -2.26. The van der Waals surface area contributed by atoms with Gasteiger partial charge in [0.15, 0.2) is 0 Å². The van der Waals surface area contributed by atoms with E-state index in [-0.39, 0.29) is 0 Å². The van der Waals surface area contributed by atoms with E-state index in [0.29, 0.717) is 11.8 Å². The second-order valence-electron chi connectivity index (χ2n) is 22.2. The van der Waals surface area contributed by atoms with E-state index in [1.54, 1.807) is 0 Å². The minimum absolute atomic E-state index is 0.468. The number of benzene rings is 12. The van der Waals surface area contributed by atoms with Crippen LogP contribution in [0.4, 0.5) is 0 Å². The molecule has 12 aromatic carbocycles. The van der Waals surface area contributed by atoms with E-state index >= 15 is 0 Å². The summed E-state index contributed by atoms with van der Waals surface area (Å²) in [6.45, 7) is 0. The lowest BCUT2D eigenvalue weighted by Gasteiger charge is -2.31. The van der Waals surface area contributed by atoms with Crippen molar-refractivity contribution in [1.82, 2.24) is 10.2 Å². The normalized spacial score (nSPS) is 14.1. The van der Waals surface area contributed by atoms with Crippen LogP contribution in [0.25, 0.3) is 134 Å². The molecule has 0 fully saturated rings. The summed E-state index contributed by atoms with van der Waals surface area (Å²) in [5.41, 5.74) is 28.1. The fourth-order valence-electron chi connectivity index (χ4n) is 15.3. The fraction of sp³-hybridized carbons (Fsp3) is 0.0263. The van der Waals surface area contributed by atoms with Gasteiger partial charge in [0, 0.05) is 43.8 Å². The molecular weight excluding hydrogens is 989 g/mol. The highest BCUT2D eigenvalue weighted by Crippen LogP contribution is 2.65. The van der Waals surface area contributed by atoms with Crippen molar-refractivity contribution in [1.29, 1.82) is 0 Å². The van der Waals surface area contributed by atoms with Crippen LogP contribution in [0.1, 0.15) is 44.5 Å². The third kappa shape index (κ3) is 5.45. The Balaban J connectivity index is 0.766. The van der Waals surface area contributed by atoms with Gasteiger partial charge in [0.25, 0.3) is 0 Å². The maximum absolute atomic E-state index is 6.95. The van der Waals surface area contributed by atoms with E-state index in [9.17, 15) is 0 Å². The Labute approximate surface area is 464 Å². The smallest absolute Gasteiger partial charge is 0.248 e. The van der Waals surface area contributed by atoms with Gasteiger partial charge in [-0.1, -0.05) is 206 Å². The molecule has 0 saturated heterocycles. The highest BCUT2D eigenvalue weighted by Gasteiger charge is 2.53. The molecule has 15 aromatic rings. The predicted octanol–water partition coefficient (Wildman–Crippen LogP) is 19.2. The number of hydrogen-bond acceptors (Lipinski definition) is 5. The highest BCUT2D eigenvalue weighted by atomic mass is 16.4. The molecule has 0 N–H and O–H groups in total. The molecule has 374 valence electrons. The molecule has 2 spiro atoms. The van der Waals surface area contributed by atoms with Crippen LogP contribution >= 0.6 is 0 Å². The van der Waals surface area contributed by atoms with Crippen LogP contribution in [0.5, 0.6) is 0 Å². The monoisotopic (exact) mass is 1030 g/mol. The molecule has 0 bridgehead atoms. The third-order valence-corrected chi connectivity index (χ3v) is 18.5. The summed E-state index contributed by atoms with van der Waals surface area (Å²) in [5.74, 6) is 0.936. The summed E-state index contributed by atoms with van der Waals surface area (Å²) >= 11 is 0. The van der Waals surface area contributed by atoms with Crippen LogP contribution in [0.2, 0.25) is 0 Å². The Kier molecular flexibility index (Phi) is 8.33. The molecule has 0 amide bonds. The van der Waals surface area contributed by atoms with Gasteiger partial charge in [-0.15, -0.1) is 10.2 Å². The zero-order chi connectivity index (χ0) is 52.7. The second-order valence-corrected chi connectivity index (χ2v) is 22.2. The van der Waals surface area contributed by atoms with Crippen molar-refractivity contribution < 1.29 is 13.3 Å². The SMILES string of the molecule is c1ccc2c(c1)-c1ccccc1C21c2cc(-c3nnc(-c4ccc5c(c4)C4(c6ccccc6-c6ccccc64)c4cc(-c6cccc7c6oc6ccccc67)ccc4-5)o3)ccc2-c2ccc(-c3cccc4c3oc3ccccc34)cc21. The van der Waals surface area contributed by atoms with Gasteiger partial charge in [-0.3, -0.25) is 0 Å². The molecule has 0 atom stereocenters. The summed E-state index contributed by atoms with van der Waals surface area (Å²) in [4.78, 5) is 0. The number of aromatic nitrogens is 2. The van der Waals surface area contributed by atoms with E-state index in [0.717, 1.165) is 77.3 Å². The van der Waals surface area contributed by atoms with E-state index in [2.05, 4.69) is 243 Å². The average Bonchev–Trinajstić information content (AvgIpc) is 2.03. The van der Waals surface area contributed by atoms with Gasteiger partial charge < -0.3 is 13.3 Å². The number of para-hydroxylation sites is 4. The van der Waals surface area contributed by atoms with Crippen molar-refractivity contribution in [3.8, 4) is 89.7 Å². The Bertz CT molecular complexity index is 4860. The van der Waals surface area contributed by atoms with Crippen molar-refractivity contribution >= 4 is 43.9 Å². The quantitative estimate of drug-likeness (QED) is 0.176. The number of hydrogen-bond donors (Lipinski definition) is 0. The summed E-state index contributed by atoms with van der Waals surface area (Å²) in [6, 6.07) is 92.8. The van der Waals surface area contributed by atoms with Crippen molar-refractivity contribution in [3.63, 3.8) is 0 Å². The first kappa shape index (κ1) is 43.4. The molecule has 4 aliphatic rings. The van der Waals surface area contributed by atoms with Crippen LogP contribution in [0.3, 0.4) is 0 Å². The molecule has 3 aromatic heterocycles. The largest absolute Gasteiger partial charge is 0.455 e. The van der Waals surface area contributed by atoms with Crippen molar-refractivity contribution in [2.45, 2.75) is 10.8 Å². The van der Waals surface area contributed by atoms with E-state index < -0.39 is 10.8 Å². The molecule has 81 heavy (non-hydrogen) atoms. The first-order valence-corrected chi connectivity index (χ1v) is 27.8. The van der Waals surface area contributed by atoms with Crippen molar-refractivity contribution in [2.75, 3.05) is 0 Å². The third-order valence-electron chi connectivity index (χ3n) is 18.5. The number of rotatable bonds is 4. The van der Waals surface area contributed by atoms with E-state index in [1.807, 2.05) is 12.1 Å². The summed E-state index contributed by atoms with van der Waals surface area (Å²) in [7, 11) is 0. The second kappa shape index (κ2) is 15.6. The molecule has 5 heteroatoms. The highest BCUT2D eigenvalue weighted by molar-refractivity contribution is 6.11. The molecule has 0 radical (unpaired) electrons. The van der Waals surface area contributed by atoms with Gasteiger partial charge in [-0.05, 0) is 149 Å². The van der Waals surface area contributed by atoms with Gasteiger partial charge in [0.1, 0.15) is 22.3 Å². The summed E-state index contributed by atoms with van der Waals surface area (Å²) < 4.78 is 20.3. The summed E-state index contributed by atoms with van der Waals surface area (Å²) in [6.07, 6.45) is 0. The van der Waals surface area contributed by atoms with Gasteiger partial charge in [-0.25, -0.2) is 0 Å². The topological polar surface area (TPSA) is 65.2 Å². The molecule has 19 rings (SSSR count). The first-order chi connectivity index (χ1) is 40.1. The number of nitrogens with zero attached hydrogens (tertiary/aromatic N) is 2. The van der Waals surface area contributed by atoms with Gasteiger partial charge in [0.05, 0.1) is 10.8 Å². The number of furan rings is 2. The van der Waals surface area contributed by atoms with Crippen LogP contribution in [0.15, 0.2) is 268 Å². The van der Waals surface area contributed by atoms with Crippen LogP contribution < -0.4 is 0 Å². The van der Waals surface area contributed by atoms with Crippen molar-refractivity contribution in [2.24, 2.45) is 0 Å². The lowest BCUT2D eigenvalue weighted by atomic mass is 9.70. The lowest BCUT2D eigenvalue weighted by molar-refractivity contribution is 0.584. The minimum atomic E-state index is -0.621. The van der Waals surface area contributed by atoms with Crippen LogP contribution in [-0.2, 0) is 10.8 Å². The molecule has 5 nitrogen and oxygen atoms in total. The predicted molar refractivity (Wildman–Crippen MR) is 323 cm³/mol. The van der Waals surface area contributed by atoms with Crippen molar-refractivity contribution in [3.05, 3.63) is 299 Å². The van der Waals surface area contributed by atoms with Crippen LogP contribution in [0, 0.1) is 0 Å². The van der Waals surface area contributed by atoms with Gasteiger partial charge in [-0.2, -0.15) is 0 Å². The van der Waals surface area contributed by atoms with Gasteiger partial charge >= 0.3 is 0 Å². The van der Waals surface area contributed by atoms with E-state index in [4.69, 9.17) is 23.4 Å². The van der Waals surface area contributed by atoms with Gasteiger partial charge in [0.2, 0.25) is 11.8 Å². The molecule has 0 unspecified atom stereocenters. The average molecular weight is 1030 g/mol. The Morgan fingerprint density at radius 2 is 0.519 bits per heavy atom. The molecule has 0 aliphatic heterocycles. The maximum atomic E-state index is 6.95. The minimum Gasteiger partial charge on any atom is -0.455 e. The molecule has 3 heterocycles. The first-order valence-electron chi connectivity index (χ1n) is 27.8. The molecule has 0 saturated carbocycles. The standard InChI is InChI=1S/C76H42N2O3/c1-7-25-61-49(15-1)50-16-2-8-26-62(50)75(61)65-39-43(47-21-13-23-59-57-19-5-11-29-69(57)79-71(47)59)31-35-53(65)55-37-33-45(41-67(55)75)73-77-78-74(81-73)46-34-38-56-54-36-32-44(48-22-14-24-60-58-20-6-12-30-70(58)80-72(48)60)40-66(54)76(68(56)42-46)63-27-9-3-17-51(63)52-18-4-10-28-64(52)76/h1-42H. The summed E-state index contributed by atoms with van der Waals surface area (Å²) in [5, 5.41) is 14.2. The maximum Gasteiger partial charge on any atom is 0.248 e. The Morgan fingerprint density at radius 3 is 0.914 bits per heavy atom. The van der Waals surface area contributed by atoms with E-state index in [1.165, 1.54) is 89.0 Å².